The van der Waals surface area contributed by atoms with Crippen LogP contribution in [0.25, 0.3) is 0 Å². The second kappa shape index (κ2) is 9.82. The molecule has 9 heteroatoms. The van der Waals surface area contributed by atoms with E-state index in [2.05, 4.69) is 5.32 Å². The Morgan fingerprint density at radius 1 is 1.30 bits per heavy atom. The Labute approximate surface area is 159 Å². The number of hydrogen-bond acceptors (Lipinski definition) is 6. The van der Waals surface area contributed by atoms with Gasteiger partial charge in [-0.05, 0) is 38.0 Å². The molecule has 0 spiro atoms. The van der Waals surface area contributed by atoms with E-state index in [1.165, 1.54) is 35.7 Å². The van der Waals surface area contributed by atoms with Crippen molar-refractivity contribution < 1.29 is 27.5 Å². The van der Waals surface area contributed by atoms with Crippen LogP contribution in [-0.4, -0.2) is 64.1 Å². The van der Waals surface area contributed by atoms with E-state index in [9.17, 15) is 18.0 Å². The van der Waals surface area contributed by atoms with Gasteiger partial charge in [-0.1, -0.05) is 12.5 Å². The number of esters is 1. The van der Waals surface area contributed by atoms with Crippen LogP contribution in [-0.2, 0) is 24.3 Å². The fourth-order valence-electron chi connectivity index (χ4n) is 2.91. The van der Waals surface area contributed by atoms with Crippen molar-refractivity contribution >= 4 is 21.9 Å². The first kappa shape index (κ1) is 21.3. The van der Waals surface area contributed by atoms with E-state index in [1.807, 2.05) is 6.92 Å². The average Bonchev–Trinajstić information content (AvgIpc) is 2.66. The van der Waals surface area contributed by atoms with E-state index in [0.717, 1.165) is 19.3 Å². The SMILES string of the molecule is COCCNC(=O)COC(=O)c1cccc(S(=O)(=O)N2CCCC[C@H]2C)c1. The molecule has 0 aromatic heterocycles. The van der Waals surface area contributed by atoms with E-state index in [4.69, 9.17) is 9.47 Å². The average molecular weight is 398 g/mol. The normalized spacial score (nSPS) is 18.1. The third kappa shape index (κ3) is 5.75. The number of methoxy groups -OCH3 is 1. The van der Waals surface area contributed by atoms with Crippen molar-refractivity contribution in [1.82, 2.24) is 9.62 Å². The molecule has 1 fully saturated rings. The predicted octanol–water partition coefficient (Wildman–Crippen LogP) is 1.17. The molecule has 1 aliphatic heterocycles. The molecule has 0 bridgehead atoms. The highest BCUT2D eigenvalue weighted by Crippen LogP contribution is 2.25. The number of piperidine rings is 1. The van der Waals surface area contributed by atoms with Crippen molar-refractivity contribution in [2.75, 3.05) is 33.4 Å². The number of carbonyl (C=O) groups is 2. The molecule has 150 valence electrons. The third-order valence-corrected chi connectivity index (χ3v) is 6.39. The lowest BCUT2D eigenvalue weighted by atomic mass is 10.1. The van der Waals surface area contributed by atoms with Crippen molar-refractivity contribution in [2.45, 2.75) is 37.1 Å². The minimum absolute atomic E-state index is 0.0512. The maximum atomic E-state index is 12.9. The van der Waals surface area contributed by atoms with E-state index in [-0.39, 0.29) is 16.5 Å². The molecule has 0 radical (unpaired) electrons. The smallest absolute Gasteiger partial charge is 0.338 e. The second-order valence-corrected chi connectivity index (χ2v) is 8.30. The van der Waals surface area contributed by atoms with Crippen LogP contribution in [0.2, 0.25) is 0 Å². The highest BCUT2D eigenvalue weighted by atomic mass is 32.2. The molecule has 1 aromatic carbocycles. The summed E-state index contributed by atoms with van der Waals surface area (Å²) in [6, 6.07) is 5.64. The standard InChI is InChI=1S/C18H26N2O6S/c1-14-6-3-4-10-20(14)27(23,24)16-8-5-7-15(12-16)18(22)26-13-17(21)19-9-11-25-2/h5,7-8,12,14H,3-4,6,9-11,13H2,1-2H3,(H,19,21)/t14-/m1/s1. The molecular formula is C18H26N2O6S. The number of nitrogens with zero attached hydrogens (tertiary/aromatic N) is 1. The van der Waals surface area contributed by atoms with E-state index in [0.29, 0.717) is 19.7 Å². The summed E-state index contributed by atoms with van der Waals surface area (Å²) in [6.07, 6.45) is 2.65. The highest BCUT2D eigenvalue weighted by molar-refractivity contribution is 7.89. The molecule has 1 saturated heterocycles. The molecule has 8 nitrogen and oxygen atoms in total. The first-order valence-electron chi connectivity index (χ1n) is 8.91. The van der Waals surface area contributed by atoms with Crippen LogP contribution in [0.5, 0.6) is 0 Å². The summed E-state index contributed by atoms with van der Waals surface area (Å²) in [6.45, 7) is 2.59. The summed E-state index contributed by atoms with van der Waals surface area (Å²) >= 11 is 0. The first-order chi connectivity index (χ1) is 12.9. The van der Waals surface area contributed by atoms with Crippen molar-refractivity contribution in [2.24, 2.45) is 0 Å². The summed E-state index contributed by atoms with van der Waals surface area (Å²) in [5.74, 6) is -1.20. The number of benzene rings is 1. The Hall–Kier alpha value is -1.97. The van der Waals surface area contributed by atoms with Gasteiger partial charge in [0.05, 0.1) is 17.1 Å². The van der Waals surface area contributed by atoms with Gasteiger partial charge in [0.25, 0.3) is 5.91 Å². The quantitative estimate of drug-likeness (QED) is 0.521. The van der Waals surface area contributed by atoms with Gasteiger partial charge in [-0.3, -0.25) is 4.79 Å². The van der Waals surface area contributed by atoms with Crippen LogP contribution in [0, 0.1) is 0 Å². The maximum absolute atomic E-state index is 12.9. The molecule has 1 atom stereocenters. The minimum atomic E-state index is -3.68. The fraction of sp³-hybridized carbons (Fsp3) is 0.556. The molecule has 1 heterocycles. The topological polar surface area (TPSA) is 102 Å². The van der Waals surface area contributed by atoms with Crippen LogP contribution in [0.15, 0.2) is 29.2 Å². The van der Waals surface area contributed by atoms with Gasteiger partial charge < -0.3 is 14.8 Å². The van der Waals surface area contributed by atoms with E-state index in [1.54, 1.807) is 0 Å². The van der Waals surface area contributed by atoms with E-state index < -0.39 is 28.5 Å². The summed E-state index contributed by atoms with van der Waals surface area (Å²) in [4.78, 5) is 23.8. The number of ether oxygens (including phenoxy) is 2. The molecule has 0 saturated carbocycles. The van der Waals surface area contributed by atoms with Crippen molar-refractivity contribution in [3.8, 4) is 0 Å². The lowest BCUT2D eigenvalue weighted by Crippen LogP contribution is -2.41. The van der Waals surface area contributed by atoms with Crippen LogP contribution < -0.4 is 5.32 Å². The lowest BCUT2D eigenvalue weighted by Gasteiger charge is -2.32. The van der Waals surface area contributed by atoms with Gasteiger partial charge in [0.1, 0.15) is 0 Å². The highest BCUT2D eigenvalue weighted by Gasteiger charge is 2.31. The van der Waals surface area contributed by atoms with Crippen LogP contribution in [0.4, 0.5) is 0 Å². The predicted molar refractivity (Wildman–Crippen MR) is 98.8 cm³/mol. The number of sulfonamides is 1. The Balaban J connectivity index is 2.03. The number of rotatable bonds is 8. The number of carbonyl (C=O) groups excluding carboxylic acids is 2. The van der Waals surface area contributed by atoms with Gasteiger partial charge in [-0.25, -0.2) is 13.2 Å². The van der Waals surface area contributed by atoms with Crippen molar-refractivity contribution in [3.05, 3.63) is 29.8 Å². The van der Waals surface area contributed by atoms with E-state index >= 15 is 0 Å². The first-order valence-corrected chi connectivity index (χ1v) is 10.3. The second-order valence-electron chi connectivity index (χ2n) is 6.41. The van der Waals surface area contributed by atoms with Gasteiger partial charge in [0.15, 0.2) is 6.61 Å². The summed E-state index contributed by atoms with van der Waals surface area (Å²) in [7, 11) is -2.17. The number of amides is 1. The van der Waals surface area contributed by atoms with Gasteiger partial charge in [-0.15, -0.1) is 0 Å². The Morgan fingerprint density at radius 2 is 2.07 bits per heavy atom. The van der Waals surface area contributed by atoms with Gasteiger partial charge in [-0.2, -0.15) is 4.31 Å². The summed E-state index contributed by atoms with van der Waals surface area (Å²) in [5.41, 5.74) is 0.0884. The summed E-state index contributed by atoms with van der Waals surface area (Å²) < 4.78 is 37.0. The van der Waals surface area contributed by atoms with Crippen LogP contribution in [0.1, 0.15) is 36.5 Å². The van der Waals surface area contributed by atoms with Gasteiger partial charge in [0, 0.05) is 26.2 Å². The summed E-state index contributed by atoms with van der Waals surface area (Å²) in [5, 5.41) is 2.53. The van der Waals surface area contributed by atoms with Gasteiger partial charge in [0.2, 0.25) is 10.0 Å². The Morgan fingerprint density at radius 3 is 2.78 bits per heavy atom. The Bertz CT molecular complexity index is 765. The maximum Gasteiger partial charge on any atom is 0.338 e. The molecule has 0 aliphatic carbocycles. The monoisotopic (exact) mass is 398 g/mol. The zero-order valence-corrected chi connectivity index (χ0v) is 16.5. The fourth-order valence-corrected chi connectivity index (χ4v) is 4.65. The zero-order chi connectivity index (χ0) is 19.9. The molecule has 2 rings (SSSR count). The molecular weight excluding hydrogens is 372 g/mol. The molecule has 1 amide bonds. The lowest BCUT2D eigenvalue weighted by molar-refractivity contribution is -0.124. The molecule has 1 N–H and O–H groups in total. The Kier molecular flexibility index (Phi) is 7.76. The molecule has 1 aliphatic rings. The molecule has 0 unspecified atom stereocenters. The van der Waals surface area contributed by atoms with Gasteiger partial charge >= 0.3 is 5.97 Å². The van der Waals surface area contributed by atoms with Crippen LogP contribution in [0.3, 0.4) is 0 Å². The van der Waals surface area contributed by atoms with Crippen molar-refractivity contribution in [3.63, 3.8) is 0 Å². The molecule has 1 aromatic rings. The number of hydrogen-bond donors (Lipinski definition) is 1. The van der Waals surface area contributed by atoms with Crippen molar-refractivity contribution in [1.29, 1.82) is 0 Å². The zero-order valence-electron chi connectivity index (χ0n) is 15.6. The third-order valence-electron chi connectivity index (χ3n) is 4.38. The largest absolute Gasteiger partial charge is 0.452 e. The number of nitrogens with one attached hydrogen (secondary N) is 1. The minimum Gasteiger partial charge on any atom is -0.452 e. The molecule has 27 heavy (non-hydrogen) atoms. The van der Waals surface area contributed by atoms with Crippen LogP contribution >= 0.6 is 0 Å².